The Morgan fingerprint density at radius 2 is 2.00 bits per heavy atom. The van der Waals surface area contributed by atoms with Crippen molar-refractivity contribution in [2.75, 3.05) is 7.05 Å². The van der Waals surface area contributed by atoms with Crippen LogP contribution in [0.2, 0.25) is 0 Å². The molecule has 2 heterocycles. The lowest BCUT2D eigenvalue weighted by molar-refractivity contribution is 0.728. The maximum absolute atomic E-state index is 4.42. The lowest BCUT2D eigenvalue weighted by Gasteiger charge is -2.11. The van der Waals surface area contributed by atoms with Crippen molar-refractivity contribution < 1.29 is 0 Å². The number of halogens is 2. The van der Waals surface area contributed by atoms with Gasteiger partial charge in [0.2, 0.25) is 0 Å². The highest BCUT2D eigenvalue weighted by Crippen LogP contribution is 2.21. The summed E-state index contributed by atoms with van der Waals surface area (Å²) in [7, 11) is 3.75. The van der Waals surface area contributed by atoms with Crippen molar-refractivity contribution in [3.05, 3.63) is 37.7 Å². The molecule has 8 heteroatoms. The Bertz CT molecular complexity index is 650. The number of guanidine groups is 1. The summed E-state index contributed by atoms with van der Waals surface area (Å²) in [6.45, 7) is 5.60. The smallest absolute Gasteiger partial charge is 0.191 e. The van der Waals surface area contributed by atoms with Gasteiger partial charge >= 0.3 is 0 Å². The predicted molar refractivity (Wildman–Crippen MR) is 107 cm³/mol. The minimum Gasteiger partial charge on any atom is -0.352 e. The zero-order chi connectivity index (χ0) is 15.4. The molecule has 0 aliphatic carbocycles. The second-order valence-electron chi connectivity index (χ2n) is 4.76. The van der Waals surface area contributed by atoms with Crippen LogP contribution in [0.4, 0.5) is 0 Å². The molecule has 0 atom stereocenters. The standard InChI is InChI=1S/C14H20BrN5S.HI/c1-9-12(10(2)20(4)19-9)8-18-14(16-3)17-7-11-5-6-13(15)21-11;/h5-6H,7-8H2,1-4H3,(H2,16,17,18);1H. The summed E-state index contributed by atoms with van der Waals surface area (Å²) in [4.78, 5) is 5.51. The average Bonchev–Trinajstić information content (AvgIpc) is 2.96. The van der Waals surface area contributed by atoms with Gasteiger partial charge in [0, 0.05) is 36.8 Å². The first-order valence-electron chi connectivity index (χ1n) is 6.69. The first kappa shape index (κ1) is 19.4. The molecule has 2 aromatic heterocycles. The summed E-state index contributed by atoms with van der Waals surface area (Å²) < 4.78 is 3.05. The minimum atomic E-state index is 0. The molecule has 122 valence electrons. The zero-order valence-electron chi connectivity index (χ0n) is 13.1. The van der Waals surface area contributed by atoms with E-state index in [0.717, 1.165) is 28.5 Å². The molecular formula is C14H21BrIN5S. The van der Waals surface area contributed by atoms with E-state index in [9.17, 15) is 0 Å². The normalized spacial score (nSPS) is 11.2. The molecule has 0 fully saturated rings. The number of rotatable bonds is 4. The second-order valence-corrected chi connectivity index (χ2v) is 7.31. The van der Waals surface area contributed by atoms with Gasteiger partial charge in [0.15, 0.2) is 5.96 Å². The van der Waals surface area contributed by atoms with Crippen molar-refractivity contribution in [1.29, 1.82) is 0 Å². The largest absolute Gasteiger partial charge is 0.352 e. The number of hydrogen-bond acceptors (Lipinski definition) is 3. The van der Waals surface area contributed by atoms with Crippen molar-refractivity contribution in [2.24, 2.45) is 12.0 Å². The van der Waals surface area contributed by atoms with Crippen LogP contribution in [0, 0.1) is 13.8 Å². The van der Waals surface area contributed by atoms with Crippen LogP contribution in [0.25, 0.3) is 0 Å². The van der Waals surface area contributed by atoms with Gasteiger partial charge in [0.05, 0.1) is 16.0 Å². The quantitative estimate of drug-likeness (QED) is 0.387. The number of nitrogens with one attached hydrogen (secondary N) is 2. The van der Waals surface area contributed by atoms with E-state index in [2.05, 4.69) is 55.7 Å². The van der Waals surface area contributed by atoms with E-state index >= 15 is 0 Å². The third kappa shape index (κ3) is 4.95. The van der Waals surface area contributed by atoms with Gasteiger partial charge in [-0.25, -0.2) is 0 Å². The van der Waals surface area contributed by atoms with Crippen LogP contribution in [-0.4, -0.2) is 22.8 Å². The molecule has 5 nitrogen and oxygen atoms in total. The van der Waals surface area contributed by atoms with Crippen LogP contribution in [-0.2, 0) is 20.1 Å². The molecule has 0 unspecified atom stereocenters. The molecule has 0 saturated carbocycles. The maximum Gasteiger partial charge on any atom is 0.191 e. The van der Waals surface area contributed by atoms with Crippen LogP contribution in [0.3, 0.4) is 0 Å². The van der Waals surface area contributed by atoms with Gasteiger partial charge in [-0.3, -0.25) is 9.67 Å². The third-order valence-corrected chi connectivity index (χ3v) is 5.00. The molecule has 0 amide bonds. The van der Waals surface area contributed by atoms with Gasteiger partial charge in [-0.2, -0.15) is 5.10 Å². The average molecular weight is 498 g/mol. The van der Waals surface area contributed by atoms with Crippen LogP contribution in [0.5, 0.6) is 0 Å². The summed E-state index contributed by atoms with van der Waals surface area (Å²) in [6, 6.07) is 4.16. The number of aliphatic imine (C=N–C) groups is 1. The molecule has 0 aliphatic rings. The molecule has 0 radical (unpaired) electrons. The van der Waals surface area contributed by atoms with Gasteiger partial charge < -0.3 is 10.6 Å². The lowest BCUT2D eigenvalue weighted by Crippen LogP contribution is -2.36. The predicted octanol–water partition coefficient (Wildman–Crippen LogP) is 3.34. The minimum absolute atomic E-state index is 0. The Labute approximate surface area is 160 Å². The number of nitrogens with zero attached hydrogens (tertiary/aromatic N) is 3. The van der Waals surface area contributed by atoms with E-state index in [1.807, 2.05) is 18.7 Å². The molecular weight excluding hydrogens is 477 g/mol. The van der Waals surface area contributed by atoms with Crippen LogP contribution >= 0.6 is 51.2 Å². The van der Waals surface area contributed by atoms with Gasteiger partial charge in [-0.15, -0.1) is 35.3 Å². The Morgan fingerprint density at radius 1 is 1.32 bits per heavy atom. The Hall–Kier alpha value is -0.610. The first-order valence-corrected chi connectivity index (χ1v) is 8.30. The Kier molecular flexibility index (Phi) is 7.84. The highest BCUT2D eigenvalue weighted by molar-refractivity contribution is 14.0. The van der Waals surface area contributed by atoms with Crippen molar-refractivity contribution in [1.82, 2.24) is 20.4 Å². The van der Waals surface area contributed by atoms with Crippen LogP contribution in [0.1, 0.15) is 21.8 Å². The molecule has 22 heavy (non-hydrogen) atoms. The van der Waals surface area contributed by atoms with Crippen molar-refractivity contribution in [3.8, 4) is 0 Å². The molecule has 2 aromatic rings. The number of hydrogen-bond donors (Lipinski definition) is 2. The highest BCUT2D eigenvalue weighted by atomic mass is 127. The van der Waals surface area contributed by atoms with E-state index < -0.39 is 0 Å². The number of thiophene rings is 1. The van der Waals surface area contributed by atoms with Crippen molar-refractivity contribution >= 4 is 57.2 Å². The molecule has 2 N–H and O–H groups in total. The monoisotopic (exact) mass is 497 g/mol. The summed E-state index contributed by atoms with van der Waals surface area (Å²) in [5.41, 5.74) is 3.46. The maximum atomic E-state index is 4.42. The summed E-state index contributed by atoms with van der Waals surface area (Å²) in [6.07, 6.45) is 0. The molecule has 0 aliphatic heterocycles. The first-order chi connectivity index (χ1) is 10.0. The van der Waals surface area contributed by atoms with Crippen LogP contribution < -0.4 is 10.6 Å². The highest BCUT2D eigenvalue weighted by Gasteiger charge is 2.09. The van der Waals surface area contributed by atoms with Gasteiger partial charge in [0.1, 0.15) is 0 Å². The Morgan fingerprint density at radius 3 is 2.50 bits per heavy atom. The summed E-state index contributed by atoms with van der Waals surface area (Å²) in [5.74, 6) is 0.794. The van der Waals surface area contributed by atoms with E-state index in [4.69, 9.17) is 0 Å². The fourth-order valence-electron chi connectivity index (χ4n) is 2.08. The number of aromatic nitrogens is 2. The lowest BCUT2D eigenvalue weighted by atomic mass is 10.2. The van der Waals surface area contributed by atoms with E-state index in [1.54, 1.807) is 18.4 Å². The molecule has 0 bridgehead atoms. The zero-order valence-corrected chi connectivity index (χ0v) is 17.8. The summed E-state index contributed by atoms with van der Waals surface area (Å²) >= 11 is 5.19. The fourth-order valence-corrected chi connectivity index (χ4v) is 3.51. The van der Waals surface area contributed by atoms with Crippen molar-refractivity contribution in [3.63, 3.8) is 0 Å². The molecule has 0 aromatic carbocycles. The van der Waals surface area contributed by atoms with E-state index in [1.165, 1.54) is 16.1 Å². The molecule has 0 saturated heterocycles. The SMILES string of the molecule is CN=C(NCc1ccc(Br)s1)NCc1c(C)nn(C)c1C.I. The molecule has 2 rings (SSSR count). The summed E-state index contributed by atoms with van der Waals surface area (Å²) in [5, 5.41) is 11.1. The third-order valence-electron chi connectivity index (χ3n) is 3.37. The van der Waals surface area contributed by atoms with Crippen LogP contribution in [0.15, 0.2) is 20.9 Å². The fraction of sp³-hybridized carbons (Fsp3) is 0.429. The van der Waals surface area contributed by atoms with Gasteiger partial charge in [-0.05, 0) is 41.9 Å². The van der Waals surface area contributed by atoms with Gasteiger partial charge in [-0.1, -0.05) is 0 Å². The second kappa shape index (κ2) is 8.88. The Balaban J connectivity index is 0.00000242. The number of aryl methyl sites for hydroxylation is 2. The van der Waals surface area contributed by atoms with E-state index in [0.29, 0.717) is 0 Å². The van der Waals surface area contributed by atoms with E-state index in [-0.39, 0.29) is 24.0 Å². The van der Waals surface area contributed by atoms with Gasteiger partial charge in [0.25, 0.3) is 0 Å². The topological polar surface area (TPSA) is 54.2 Å². The molecule has 0 spiro atoms. The van der Waals surface area contributed by atoms with Crippen molar-refractivity contribution in [2.45, 2.75) is 26.9 Å².